The first-order chi connectivity index (χ1) is 24.2. The molecule has 1 aromatic heterocycles. The molecule has 51 heavy (non-hydrogen) atoms. The molecule has 5 atom stereocenters. The summed E-state index contributed by atoms with van der Waals surface area (Å²) in [5.41, 5.74) is -1.19. The van der Waals surface area contributed by atoms with Gasteiger partial charge in [0.15, 0.2) is 0 Å². The molecule has 0 unspecified atom stereocenters. The third-order valence-electron chi connectivity index (χ3n) is 10.2. The average Bonchev–Trinajstić information content (AvgIpc) is 4.00. The van der Waals surface area contributed by atoms with E-state index in [2.05, 4.69) is 39.1 Å². The van der Waals surface area contributed by atoms with Gasteiger partial charge in [-0.3, -0.25) is 19.1 Å². The third kappa shape index (κ3) is 7.84. The number of hydrogen-bond acceptors (Lipinski definition) is 10. The van der Waals surface area contributed by atoms with E-state index in [1.807, 2.05) is 12.3 Å². The zero-order valence-corrected chi connectivity index (χ0v) is 31.2. The quantitative estimate of drug-likeness (QED) is 0.280. The van der Waals surface area contributed by atoms with Crippen molar-refractivity contribution in [1.29, 1.82) is 0 Å². The number of pyridine rings is 1. The van der Waals surface area contributed by atoms with Gasteiger partial charge < -0.3 is 25.0 Å². The number of sulfonamides is 1. The molecule has 0 spiro atoms. The Kier molecular flexibility index (Phi) is 10.3. The molecule has 3 fully saturated rings. The predicted octanol–water partition coefficient (Wildman–Crippen LogP) is 3.84. The molecule has 2 aliphatic heterocycles. The minimum atomic E-state index is -3.88. The molecule has 4 amide bonds. The minimum Gasteiger partial charge on any atom is -0.472 e. The topological polar surface area (TPSA) is 173 Å². The van der Waals surface area contributed by atoms with Crippen LogP contribution < -0.4 is 20.1 Å². The molecule has 3 N–H and O–H groups in total. The summed E-state index contributed by atoms with van der Waals surface area (Å²) >= 11 is 1.63. The number of thioether (sulfide) groups is 1. The fourth-order valence-corrected chi connectivity index (χ4v) is 9.02. The number of rotatable bonds is 7. The van der Waals surface area contributed by atoms with E-state index in [0.29, 0.717) is 25.1 Å². The van der Waals surface area contributed by atoms with E-state index >= 15 is 0 Å². The molecule has 3 heterocycles. The number of ether oxygens (including phenoxy) is 2. The fraction of sp³-hybridized carbons (Fsp3) is 0.583. The Labute approximate surface area is 303 Å². The van der Waals surface area contributed by atoms with Gasteiger partial charge in [-0.05, 0) is 80.4 Å². The Morgan fingerprint density at radius 2 is 1.92 bits per heavy atom. The van der Waals surface area contributed by atoms with E-state index in [9.17, 15) is 27.6 Å². The van der Waals surface area contributed by atoms with Gasteiger partial charge in [0.2, 0.25) is 27.7 Å². The number of nitrogens with one attached hydrogen (secondary N) is 3. The van der Waals surface area contributed by atoms with E-state index in [0.717, 1.165) is 40.5 Å². The number of alkyl carbamates (subject to hydrolysis) is 1. The van der Waals surface area contributed by atoms with Crippen molar-refractivity contribution in [2.24, 2.45) is 11.3 Å². The first-order valence-corrected chi connectivity index (χ1v) is 20.3. The van der Waals surface area contributed by atoms with E-state index in [4.69, 9.17) is 9.47 Å². The monoisotopic (exact) mass is 741 g/mol. The van der Waals surface area contributed by atoms with Gasteiger partial charge in [0.25, 0.3) is 5.91 Å². The predicted molar refractivity (Wildman–Crippen MR) is 193 cm³/mol. The number of amides is 4. The van der Waals surface area contributed by atoms with Crippen molar-refractivity contribution in [3.63, 3.8) is 0 Å². The van der Waals surface area contributed by atoms with E-state index in [-0.39, 0.29) is 26.0 Å². The smallest absolute Gasteiger partial charge is 0.407 e. The molecule has 1 aromatic carbocycles. The van der Waals surface area contributed by atoms with Gasteiger partial charge in [-0.2, -0.15) is 0 Å². The van der Waals surface area contributed by atoms with Crippen molar-refractivity contribution >= 4 is 56.4 Å². The highest BCUT2D eigenvalue weighted by molar-refractivity contribution is 7.98. The lowest BCUT2D eigenvalue weighted by molar-refractivity contribution is -0.142. The fourth-order valence-electron chi connectivity index (χ4n) is 6.99. The summed E-state index contributed by atoms with van der Waals surface area (Å²) in [6.07, 6.45) is 8.14. The van der Waals surface area contributed by atoms with E-state index < -0.39 is 74.1 Å². The number of nitrogens with zero attached hydrogens (tertiary/aromatic N) is 2. The van der Waals surface area contributed by atoms with Crippen LogP contribution in [0.2, 0.25) is 0 Å². The number of aryl methyl sites for hydroxylation is 1. The SMILES string of the molecule is C=C[C@H]1C[C@]1(NC(=O)[C@@H]1C[C@@H]2CN1C(=O)[C@H](C(C)(C)C)NC(=O)OCCCCCc1cc(SC)c3ccnc(c3c1)O2)C(=O)NS(=O)(=O)C1CC1. The van der Waals surface area contributed by atoms with Crippen LogP contribution in [0.15, 0.2) is 41.9 Å². The summed E-state index contributed by atoms with van der Waals surface area (Å²) in [6, 6.07) is 4.00. The van der Waals surface area contributed by atoms with Crippen LogP contribution in [-0.2, 0) is 35.6 Å². The first-order valence-electron chi connectivity index (χ1n) is 17.5. The zero-order valence-electron chi connectivity index (χ0n) is 29.5. The highest BCUT2D eigenvalue weighted by atomic mass is 32.2. The molecule has 2 aromatic rings. The summed E-state index contributed by atoms with van der Waals surface area (Å²) in [4.78, 5) is 62.2. The normalized spacial score (nSPS) is 27.4. The van der Waals surface area contributed by atoms with E-state index in [1.165, 1.54) is 11.0 Å². The standard InChI is InChI=1S/C36H47N5O8S2/c1-6-22-19-36(22,33(44)40-51(46,47)24-11-12-24)39-30(42)27-18-23-20-41(27)32(43)29(35(2,3)4)38-34(45)48-15-9-7-8-10-21-16-26-25(28(17-21)50-5)13-14-37-31(26)49-23/h6,13-14,16-17,22-24,27,29H,1,7-12,15,18-20H2,2-5H3,(H,38,45)(H,39,42)(H,40,44)/t22-,23+,27-,29+,36+/m0/s1. The lowest BCUT2D eigenvalue weighted by Crippen LogP contribution is -2.60. The molecule has 13 nitrogen and oxygen atoms in total. The highest BCUT2D eigenvalue weighted by Crippen LogP contribution is 2.45. The van der Waals surface area contributed by atoms with E-state index in [1.54, 1.807) is 38.7 Å². The zero-order chi connectivity index (χ0) is 36.7. The second-order valence-electron chi connectivity index (χ2n) is 15.1. The van der Waals surface area contributed by atoms with Crippen molar-refractivity contribution in [2.45, 2.75) is 106 Å². The first kappa shape index (κ1) is 36.9. The molecule has 15 heteroatoms. The largest absolute Gasteiger partial charge is 0.472 e. The van der Waals surface area contributed by atoms with Crippen LogP contribution in [0.5, 0.6) is 5.88 Å². The average molecular weight is 742 g/mol. The van der Waals surface area contributed by atoms with Gasteiger partial charge >= 0.3 is 6.09 Å². The highest BCUT2D eigenvalue weighted by Gasteiger charge is 2.62. The summed E-state index contributed by atoms with van der Waals surface area (Å²) < 4.78 is 39.5. The Morgan fingerprint density at radius 3 is 2.59 bits per heavy atom. The third-order valence-corrected chi connectivity index (χ3v) is 12.8. The number of carbonyl (C=O) groups is 4. The molecule has 2 saturated carbocycles. The molecule has 6 rings (SSSR count). The molecule has 2 aliphatic carbocycles. The van der Waals surface area contributed by atoms with Gasteiger partial charge in [0.05, 0.1) is 18.4 Å². The second kappa shape index (κ2) is 14.3. The Hall–Kier alpha value is -3.85. The Bertz CT molecular complexity index is 1840. The van der Waals surface area contributed by atoms with Crippen molar-refractivity contribution < 1.29 is 37.1 Å². The van der Waals surface area contributed by atoms with Crippen LogP contribution in [0.4, 0.5) is 4.79 Å². The van der Waals surface area contributed by atoms with Crippen molar-refractivity contribution in [1.82, 2.24) is 25.2 Å². The van der Waals surface area contributed by atoms with Crippen molar-refractivity contribution in [3.05, 3.63) is 42.6 Å². The van der Waals surface area contributed by atoms with Gasteiger partial charge in [0.1, 0.15) is 23.7 Å². The second-order valence-corrected chi connectivity index (χ2v) is 17.9. The van der Waals surface area contributed by atoms with Gasteiger partial charge in [-0.25, -0.2) is 18.2 Å². The molecule has 1 saturated heterocycles. The Balaban J connectivity index is 1.35. The summed E-state index contributed by atoms with van der Waals surface area (Å²) in [7, 11) is -3.88. The van der Waals surface area contributed by atoms with Gasteiger partial charge in [0, 0.05) is 34.2 Å². The molecule has 4 bridgehead atoms. The molecular formula is C36H47N5O8S2. The van der Waals surface area contributed by atoms with Gasteiger partial charge in [-0.1, -0.05) is 26.8 Å². The van der Waals surface area contributed by atoms with Gasteiger partial charge in [-0.15, -0.1) is 18.3 Å². The van der Waals surface area contributed by atoms with Crippen LogP contribution in [0.25, 0.3) is 10.8 Å². The number of fused-ring (bicyclic) bond motifs is 3. The van der Waals surface area contributed by atoms with Crippen LogP contribution >= 0.6 is 11.8 Å². The maximum Gasteiger partial charge on any atom is 0.407 e. The lowest BCUT2D eigenvalue weighted by Gasteiger charge is -2.35. The molecular weight excluding hydrogens is 695 g/mol. The van der Waals surface area contributed by atoms with Crippen LogP contribution in [-0.4, -0.2) is 90.5 Å². The maximum atomic E-state index is 14.5. The Morgan fingerprint density at radius 1 is 1.16 bits per heavy atom. The lowest BCUT2D eigenvalue weighted by atomic mass is 9.85. The number of benzene rings is 1. The maximum absolute atomic E-state index is 14.5. The molecule has 0 radical (unpaired) electrons. The summed E-state index contributed by atoms with van der Waals surface area (Å²) in [5, 5.41) is 6.72. The number of carbonyl (C=O) groups excluding carboxylic acids is 4. The van der Waals surface area contributed by atoms with Crippen LogP contribution in [0.3, 0.4) is 0 Å². The van der Waals surface area contributed by atoms with Crippen molar-refractivity contribution in [2.75, 3.05) is 19.4 Å². The molecule has 4 aliphatic rings. The number of cyclic esters (lactones) is 1. The van der Waals surface area contributed by atoms with Crippen LogP contribution in [0, 0.1) is 11.3 Å². The minimum absolute atomic E-state index is 0.00644. The molecule has 276 valence electrons. The summed E-state index contributed by atoms with van der Waals surface area (Å²) in [6.45, 7) is 9.38. The van der Waals surface area contributed by atoms with Crippen molar-refractivity contribution in [3.8, 4) is 5.88 Å². The summed E-state index contributed by atoms with van der Waals surface area (Å²) in [5.74, 6) is -2.11. The number of aromatic nitrogens is 1. The van der Waals surface area contributed by atoms with Crippen LogP contribution in [0.1, 0.15) is 71.3 Å². The number of hydrogen-bond donors (Lipinski definition) is 3.